The number of nitrogens with two attached hydrogens (primary N) is 1. The summed E-state index contributed by atoms with van der Waals surface area (Å²) in [6, 6.07) is 10.3. The molecule has 2 aromatic rings. The van der Waals surface area contributed by atoms with Crippen LogP contribution in [0.2, 0.25) is 0 Å². The highest BCUT2D eigenvalue weighted by atomic mass is 32.1. The molecule has 0 unspecified atom stereocenters. The number of hydrogen-bond acceptors (Lipinski definition) is 4. The number of methoxy groups -OCH3 is 1. The SMILES string of the molecule is COc1ccc(C(=O)NCc2ccc(C(N)=O)s2)cc1. The molecule has 0 fully saturated rings. The lowest BCUT2D eigenvalue weighted by atomic mass is 10.2. The van der Waals surface area contributed by atoms with Crippen LogP contribution in [0.5, 0.6) is 5.75 Å². The van der Waals surface area contributed by atoms with Crippen LogP contribution in [0, 0.1) is 0 Å². The molecule has 0 bridgehead atoms. The summed E-state index contributed by atoms with van der Waals surface area (Å²) in [7, 11) is 1.57. The van der Waals surface area contributed by atoms with Crippen LogP contribution in [0.25, 0.3) is 0 Å². The molecule has 20 heavy (non-hydrogen) atoms. The van der Waals surface area contributed by atoms with Crippen molar-refractivity contribution in [2.45, 2.75) is 6.54 Å². The second-order valence-corrected chi connectivity index (χ2v) is 5.21. The lowest BCUT2D eigenvalue weighted by Crippen LogP contribution is -2.22. The Morgan fingerprint density at radius 2 is 1.90 bits per heavy atom. The molecule has 0 aliphatic rings. The summed E-state index contributed by atoms with van der Waals surface area (Å²) in [6.45, 7) is 0.364. The van der Waals surface area contributed by atoms with Gasteiger partial charge in [-0.3, -0.25) is 9.59 Å². The zero-order valence-corrected chi connectivity index (χ0v) is 11.7. The molecule has 1 heterocycles. The summed E-state index contributed by atoms with van der Waals surface area (Å²) in [6.07, 6.45) is 0. The van der Waals surface area contributed by atoms with E-state index in [1.807, 2.05) is 0 Å². The van der Waals surface area contributed by atoms with Gasteiger partial charge in [0.05, 0.1) is 18.5 Å². The summed E-state index contributed by atoms with van der Waals surface area (Å²) in [5.41, 5.74) is 5.73. The number of nitrogens with one attached hydrogen (secondary N) is 1. The van der Waals surface area contributed by atoms with Crippen LogP contribution in [0.1, 0.15) is 24.9 Å². The van der Waals surface area contributed by atoms with Gasteiger partial charge in [-0.1, -0.05) is 0 Å². The van der Waals surface area contributed by atoms with E-state index >= 15 is 0 Å². The van der Waals surface area contributed by atoms with Crippen LogP contribution in [-0.4, -0.2) is 18.9 Å². The Morgan fingerprint density at radius 3 is 2.45 bits per heavy atom. The van der Waals surface area contributed by atoms with Gasteiger partial charge in [-0.05, 0) is 36.4 Å². The van der Waals surface area contributed by atoms with Gasteiger partial charge in [0.1, 0.15) is 5.75 Å². The van der Waals surface area contributed by atoms with Crippen molar-refractivity contribution in [2.75, 3.05) is 7.11 Å². The van der Waals surface area contributed by atoms with Crippen LogP contribution in [0.3, 0.4) is 0 Å². The van der Waals surface area contributed by atoms with Gasteiger partial charge in [-0.25, -0.2) is 0 Å². The molecular formula is C14H14N2O3S. The lowest BCUT2D eigenvalue weighted by molar-refractivity contribution is 0.0950. The molecule has 1 aromatic carbocycles. The fourth-order valence-corrected chi connectivity index (χ4v) is 2.42. The van der Waals surface area contributed by atoms with E-state index < -0.39 is 5.91 Å². The lowest BCUT2D eigenvalue weighted by Gasteiger charge is -2.04. The van der Waals surface area contributed by atoms with Gasteiger partial charge < -0.3 is 15.8 Å². The normalized spacial score (nSPS) is 10.1. The third-order valence-corrected chi connectivity index (χ3v) is 3.78. The minimum absolute atomic E-state index is 0.179. The quantitative estimate of drug-likeness (QED) is 0.880. The molecule has 0 aliphatic carbocycles. The van der Waals surface area contributed by atoms with Crippen LogP contribution in [0.4, 0.5) is 0 Å². The van der Waals surface area contributed by atoms with E-state index in [0.29, 0.717) is 22.7 Å². The Kier molecular flexibility index (Phi) is 4.37. The number of amides is 2. The molecule has 2 amide bonds. The van der Waals surface area contributed by atoms with E-state index in [0.717, 1.165) is 4.88 Å². The van der Waals surface area contributed by atoms with E-state index in [2.05, 4.69) is 5.32 Å². The molecule has 6 heteroatoms. The second-order valence-electron chi connectivity index (χ2n) is 4.04. The summed E-state index contributed by atoms with van der Waals surface area (Å²) in [4.78, 5) is 24.2. The molecule has 104 valence electrons. The number of ether oxygens (including phenoxy) is 1. The predicted molar refractivity (Wildman–Crippen MR) is 77.0 cm³/mol. The molecule has 0 saturated carbocycles. The van der Waals surface area contributed by atoms with Crippen molar-refractivity contribution < 1.29 is 14.3 Å². The van der Waals surface area contributed by atoms with Crippen LogP contribution >= 0.6 is 11.3 Å². The van der Waals surface area contributed by atoms with E-state index in [1.54, 1.807) is 43.5 Å². The highest BCUT2D eigenvalue weighted by molar-refractivity contribution is 7.14. The third kappa shape index (κ3) is 3.36. The Morgan fingerprint density at radius 1 is 1.20 bits per heavy atom. The summed E-state index contributed by atoms with van der Waals surface area (Å²) in [5.74, 6) is 0.0651. The van der Waals surface area contributed by atoms with Crippen molar-refractivity contribution in [3.8, 4) is 5.75 Å². The average molecular weight is 290 g/mol. The van der Waals surface area contributed by atoms with E-state index in [1.165, 1.54) is 11.3 Å². The summed E-state index contributed by atoms with van der Waals surface area (Å²) in [5, 5.41) is 2.78. The largest absolute Gasteiger partial charge is 0.497 e. The monoisotopic (exact) mass is 290 g/mol. The van der Waals surface area contributed by atoms with E-state index in [9.17, 15) is 9.59 Å². The Labute approximate surface area is 120 Å². The number of rotatable bonds is 5. The zero-order valence-electron chi connectivity index (χ0n) is 10.9. The molecule has 0 aliphatic heterocycles. The van der Waals surface area contributed by atoms with Crippen LogP contribution in [-0.2, 0) is 6.54 Å². The average Bonchev–Trinajstić information content (AvgIpc) is 2.94. The molecule has 0 atom stereocenters. The Hall–Kier alpha value is -2.34. The highest BCUT2D eigenvalue weighted by Gasteiger charge is 2.08. The van der Waals surface area contributed by atoms with Gasteiger partial charge in [0.2, 0.25) is 0 Å². The van der Waals surface area contributed by atoms with Gasteiger partial charge in [0.25, 0.3) is 11.8 Å². The van der Waals surface area contributed by atoms with Crippen molar-refractivity contribution in [2.24, 2.45) is 5.73 Å². The first-order chi connectivity index (χ1) is 9.60. The Bertz CT molecular complexity index is 620. The maximum Gasteiger partial charge on any atom is 0.258 e. The number of carbonyl (C=O) groups excluding carboxylic acids is 2. The molecule has 0 spiro atoms. The first kappa shape index (κ1) is 14.1. The minimum atomic E-state index is -0.456. The molecule has 1 aromatic heterocycles. The summed E-state index contributed by atoms with van der Waals surface area (Å²) < 4.78 is 5.03. The predicted octanol–water partition coefficient (Wildman–Crippen LogP) is 1.79. The first-order valence-corrected chi connectivity index (χ1v) is 6.72. The van der Waals surface area contributed by atoms with E-state index in [4.69, 9.17) is 10.5 Å². The molecule has 3 N–H and O–H groups in total. The topological polar surface area (TPSA) is 81.4 Å². The summed E-state index contributed by atoms with van der Waals surface area (Å²) >= 11 is 1.27. The number of thiophene rings is 1. The minimum Gasteiger partial charge on any atom is -0.497 e. The molecule has 0 radical (unpaired) electrons. The van der Waals surface area contributed by atoms with Crippen LogP contribution in [0.15, 0.2) is 36.4 Å². The highest BCUT2D eigenvalue weighted by Crippen LogP contribution is 2.16. The standard InChI is InChI=1S/C14H14N2O3S/c1-19-10-4-2-9(3-5-10)14(18)16-8-11-6-7-12(20-11)13(15)17/h2-7H,8H2,1H3,(H2,15,17)(H,16,18). The fraction of sp³-hybridized carbons (Fsp3) is 0.143. The molecule has 0 saturated heterocycles. The molecule has 5 nitrogen and oxygen atoms in total. The van der Waals surface area contributed by atoms with Crippen molar-refractivity contribution in [1.82, 2.24) is 5.32 Å². The number of carbonyl (C=O) groups is 2. The Balaban J connectivity index is 1.95. The molecular weight excluding hydrogens is 276 g/mol. The smallest absolute Gasteiger partial charge is 0.258 e. The second kappa shape index (κ2) is 6.21. The number of benzene rings is 1. The van der Waals surface area contributed by atoms with Crippen LogP contribution < -0.4 is 15.8 Å². The van der Waals surface area contributed by atoms with Crippen molar-refractivity contribution in [3.05, 3.63) is 51.7 Å². The number of primary amides is 1. The van der Waals surface area contributed by atoms with Gasteiger partial charge in [0, 0.05) is 10.4 Å². The maximum atomic E-state index is 11.9. The molecule has 2 rings (SSSR count). The van der Waals surface area contributed by atoms with Gasteiger partial charge >= 0.3 is 0 Å². The van der Waals surface area contributed by atoms with Crippen molar-refractivity contribution in [1.29, 1.82) is 0 Å². The third-order valence-electron chi connectivity index (χ3n) is 2.68. The van der Waals surface area contributed by atoms with Gasteiger partial charge in [-0.2, -0.15) is 0 Å². The van der Waals surface area contributed by atoms with Crippen molar-refractivity contribution >= 4 is 23.2 Å². The van der Waals surface area contributed by atoms with Crippen molar-refractivity contribution in [3.63, 3.8) is 0 Å². The van der Waals surface area contributed by atoms with E-state index in [-0.39, 0.29) is 5.91 Å². The first-order valence-electron chi connectivity index (χ1n) is 5.91. The number of hydrogen-bond donors (Lipinski definition) is 2. The zero-order chi connectivity index (χ0) is 14.5. The maximum absolute atomic E-state index is 11.9. The van der Waals surface area contributed by atoms with Gasteiger partial charge in [-0.15, -0.1) is 11.3 Å². The fourth-order valence-electron chi connectivity index (χ4n) is 1.62. The van der Waals surface area contributed by atoms with Gasteiger partial charge in [0.15, 0.2) is 0 Å².